The number of carbonyl (C=O) groups excluding carboxylic acids is 1. The van der Waals surface area contributed by atoms with Crippen molar-refractivity contribution >= 4 is 5.78 Å². The van der Waals surface area contributed by atoms with Crippen molar-refractivity contribution < 1.29 is 13.6 Å². The van der Waals surface area contributed by atoms with E-state index < -0.39 is 11.6 Å². The van der Waals surface area contributed by atoms with Gasteiger partial charge in [0.05, 0.1) is 11.6 Å². The molecule has 3 nitrogen and oxygen atoms in total. The zero-order valence-electron chi connectivity index (χ0n) is 11.9. The van der Waals surface area contributed by atoms with E-state index in [4.69, 9.17) is 0 Å². The molecule has 0 amide bonds. The molecular weight excluding hydrogens is 262 g/mol. The molecule has 0 N–H and O–H groups in total. The van der Waals surface area contributed by atoms with E-state index in [0.717, 1.165) is 44.9 Å². The summed E-state index contributed by atoms with van der Waals surface area (Å²) in [5.41, 5.74) is -0.0307. The van der Waals surface area contributed by atoms with Crippen LogP contribution in [0, 0.1) is 11.6 Å². The van der Waals surface area contributed by atoms with E-state index in [-0.39, 0.29) is 17.4 Å². The third kappa shape index (κ3) is 3.22. The van der Waals surface area contributed by atoms with Crippen molar-refractivity contribution in [2.75, 3.05) is 32.7 Å². The van der Waals surface area contributed by atoms with Gasteiger partial charge in [-0.1, -0.05) is 6.92 Å². The highest BCUT2D eigenvalue weighted by molar-refractivity contribution is 6.00. The largest absolute Gasteiger partial charge is 0.301 e. The number of hydrogen-bond donors (Lipinski definition) is 0. The highest BCUT2D eigenvalue weighted by Gasteiger charge is 2.27. The first-order chi connectivity index (χ1) is 9.52. The van der Waals surface area contributed by atoms with Gasteiger partial charge >= 0.3 is 0 Å². The first-order valence-electron chi connectivity index (χ1n) is 6.98. The molecule has 1 heterocycles. The molecule has 0 bridgehead atoms. The van der Waals surface area contributed by atoms with E-state index in [1.165, 1.54) is 6.07 Å². The topological polar surface area (TPSA) is 23.6 Å². The monoisotopic (exact) mass is 282 g/mol. The molecule has 110 valence electrons. The molecule has 20 heavy (non-hydrogen) atoms. The number of piperazine rings is 1. The van der Waals surface area contributed by atoms with Crippen LogP contribution >= 0.6 is 0 Å². The quantitative estimate of drug-likeness (QED) is 0.791. The first kappa shape index (κ1) is 15.1. The van der Waals surface area contributed by atoms with Crippen molar-refractivity contribution in [3.8, 4) is 0 Å². The van der Waals surface area contributed by atoms with Crippen molar-refractivity contribution in [1.29, 1.82) is 0 Å². The van der Waals surface area contributed by atoms with Gasteiger partial charge in [-0.3, -0.25) is 9.69 Å². The van der Waals surface area contributed by atoms with E-state index in [1.54, 1.807) is 6.92 Å². The third-order valence-corrected chi connectivity index (χ3v) is 3.98. The van der Waals surface area contributed by atoms with Gasteiger partial charge < -0.3 is 4.90 Å². The second-order valence-electron chi connectivity index (χ2n) is 5.13. The lowest BCUT2D eigenvalue weighted by Gasteiger charge is -2.37. The Labute approximate surface area is 118 Å². The Kier molecular flexibility index (Phi) is 4.83. The lowest BCUT2D eigenvalue weighted by atomic mass is 10.0. The molecule has 2 rings (SSSR count). The minimum absolute atomic E-state index is 0.0307. The Balaban J connectivity index is 2.05. The zero-order chi connectivity index (χ0) is 14.7. The number of ketones is 1. The maximum absolute atomic E-state index is 13.7. The maximum Gasteiger partial charge on any atom is 0.182 e. The van der Waals surface area contributed by atoms with Crippen molar-refractivity contribution in [1.82, 2.24) is 9.80 Å². The Hall–Kier alpha value is -1.33. The molecule has 5 heteroatoms. The average Bonchev–Trinajstić information content (AvgIpc) is 2.46. The highest BCUT2D eigenvalue weighted by atomic mass is 19.1. The molecule has 1 atom stereocenters. The van der Waals surface area contributed by atoms with Crippen molar-refractivity contribution in [2.45, 2.75) is 19.9 Å². The Morgan fingerprint density at radius 2 is 1.90 bits per heavy atom. The molecule has 1 saturated heterocycles. The summed E-state index contributed by atoms with van der Waals surface area (Å²) < 4.78 is 26.5. The molecule has 0 spiro atoms. The number of nitrogens with zero attached hydrogens (tertiary/aromatic N) is 2. The Bertz CT molecular complexity index is 485. The summed E-state index contributed by atoms with van der Waals surface area (Å²) in [5.74, 6) is -1.73. The zero-order valence-corrected chi connectivity index (χ0v) is 11.9. The average molecular weight is 282 g/mol. The number of halogens is 2. The van der Waals surface area contributed by atoms with Crippen LogP contribution in [0.25, 0.3) is 0 Å². The first-order valence-corrected chi connectivity index (χ1v) is 6.98. The Morgan fingerprint density at radius 3 is 2.45 bits per heavy atom. The fourth-order valence-electron chi connectivity index (χ4n) is 2.55. The molecule has 1 aromatic carbocycles. The van der Waals surface area contributed by atoms with Crippen LogP contribution in [0.2, 0.25) is 0 Å². The molecule has 0 radical (unpaired) electrons. The molecule has 1 unspecified atom stereocenters. The van der Waals surface area contributed by atoms with Crippen LogP contribution in [0.15, 0.2) is 18.2 Å². The van der Waals surface area contributed by atoms with Gasteiger partial charge in [0.25, 0.3) is 0 Å². The number of likely N-dealkylation sites (N-methyl/N-ethyl adjacent to an activating group) is 1. The van der Waals surface area contributed by atoms with Gasteiger partial charge in [-0.15, -0.1) is 0 Å². The van der Waals surface area contributed by atoms with Crippen LogP contribution in [-0.2, 0) is 0 Å². The predicted octanol–water partition coefficient (Wildman–Crippen LogP) is 2.17. The summed E-state index contributed by atoms with van der Waals surface area (Å²) in [6.45, 7) is 8.32. The van der Waals surface area contributed by atoms with E-state index in [1.807, 2.05) is 0 Å². The van der Waals surface area contributed by atoms with Crippen molar-refractivity contribution in [2.24, 2.45) is 0 Å². The van der Waals surface area contributed by atoms with E-state index >= 15 is 0 Å². The highest BCUT2D eigenvalue weighted by Crippen LogP contribution is 2.15. The molecule has 1 fully saturated rings. The molecular formula is C15H20F2N2O. The molecule has 1 aliphatic heterocycles. The van der Waals surface area contributed by atoms with Crippen molar-refractivity contribution in [3.63, 3.8) is 0 Å². The standard InChI is InChI=1S/C15H20F2N2O/c1-3-18-6-8-19(9-7-18)11(2)15(20)13-5-4-12(16)10-14(13)17/h4-5,10-11H,3,6-9H2,1-2H3. The van der Waals surface area contributed by atoms with Gasteiger partial charge in [0.2, 0.25) is 0 Å². The molecule has 1 aromatic rings. The van der Waals surface area contributed by atoms with E-state index in [9.17, 15) is 13.6 Å². The third-order valence-electron chi connectivity index (χ3n) is 3.98. The Morgan fingerprint density at radius 1 is 1.25 bits per heavy atom. The second kappa shape index (κ2) is 6.41. The molecule has 1 aliphatic rings. The SMILES string of the molecule is CCN1CCN(C(C)C(=O)c2ccc(F)cc2F)CC1. The van der Waals surface area contributed by atoms with Crippen LogP contribution in [0.5, 0.6) is 0 Å². The minimum atomic E-state index is -0.783. The van der Waals surface area contributed by atoms with Gasteiger partial charge in [0.1, 0.15) is 11.6 Å². The summed E-state index contributed by atoms with van der Waals surface area (Å²) in [5, 5.41) is 0. The van der Waals surface area contributed by atoms with Gasteiger partial charge in [-0.05, 0) is 25.6 Å². The van der Waals surface area contributed by atoms with Crippen LogP contribution < -0.4 is 0 Å². The smallest absolute Gasteiger partial charge is 0.182 e. The maximum atomic E-state index is 13.7. The fraction of sp³-hybridized carbons (Fsp3) is 0.533. The minimum Gasteiger partial charge on any atom is -0.301 e. The van der Waals surface area contributed by atoms with Gasteiger partial charge in [-0.25, -0.2) is 8.78 Å². The van der Waals surface area contributed by atoms with Crippen LogP contribution in [0.3, 0.4) is 0 Å². The van der Waals surface area contributed by atoms with E-state index in [0.29, 0.717) is 0 Å². The summed E-state index contributed by atoms with van der Waals surface area (Å²) >= 11 is 0. The molecule has 0 saturated carbocycles. The van der Waals surface area contributed by atoms with E-state index in [2.05, 4.69) is 16.7 Å². The van der Waals surface area contributed by atoms with Crippen LogP contribution in [0.1, 0.15) is 24.2 Å². The fourth-order valence-corrected chi connectivity index (χ4v) is 2.55. The van der Waals surface area contributed by atoms with Crippen LogP contribution in [-0.4, -0.2) is 54.3 Å². The summed E-state index contributed by atoms with van der Waals surface area (Å²) in [6, 6.07) is 2.73. The molecule has 0 aromatic heterocycles. The number of hydrogen-bond acceptors (Lipinski definition) is 3. The van der Waals surface area contributed by atoms with Crippen molar-refractivity contribution in [3.05, 3.63) is 35.4 Å². The summed E-state index contributed by atoms with van der Waals surface area (Å²) in [7, 11) is 0. The lowest BCUT2D eigenvalue weighted by molar-refractivity contribution is 0.0706. The second-order valence-corrected chi connectivity index (χ2v) is 5.13. The lowest BCUT2D eigenvalue weighted by Crippen LogP contribution is -2.51. The normalized spacial score (nSPS) is 19.0. The van der Waals surface area contributed by atoms with Gasteiger partial charge in [0, 0.05) is 32.2 Å². The number of carbonyl (C=O) groups is 1. The number of Topliss-reactive ketones (excluding diaryl/α,β-unsaturated/α-hetero) is 1. The number of rotatable bonds is 4. The van der Waals surface area contributed by atoms with Gasteiger partial charge in [0.15, 0.2) is 5.78 Å². The summed E-state index contributed by atoms with van der Waals surface area (Å²) in [6.07, 6.45) is 0. The van der Waals surface area contributed by atoms with Crippen LogP contribution in [0.4, 0.5) is 8.78 Å². The number of benzene rings is 1. The van der Waals surface area contributed by atoms with Gasteiger partial charge in [-0.2, -0.15) is 0 Å². The predicted molar refractivity (Wildman–Crippen MR) is 73.8 cm³/mol. The molecule has 0 aliphatic carbocycles. The summed E-state index contributed by atoms with van der Waals surface area (Å²) in [4.78, 5) is 16.7.